The molecule has 0 aliphatic rings. The van der Waals surface area contributed by atoms with Gasteiger partial charge in [0.05, 0.1) is 20.9 Å². The first kappa shape index (κ1) is 15.0. The molecule has 2 aromatic heterocycles. The van der Waals surface area contributed by atoms with Crippen LogP contribution in [0.15, 0.2) is 24.4 Å². The monoisotopic (exact) mass is 334 g/mol. The molecule has 0 saturated carbocycles. The summed E-state index contributed by atoms with van der Waals surface area (Å²) in [5, 5.41) is 8.22. The number of benzene rings is 1. The fourth-order valence-corrected chi connectivity index (χ4v) is 3.18. The van der Waals surface area contributed by atoms with E-state index in [2.05, 4.69) is 21.5 Å². The molecule has 1 N–H and O–H groups in total. The molecule has 7 heteroatoms. The number of amides is 1. The number of fused-ring (bicyclic) bond motifs is 1. The number of carbonyl (C=O) groups is 1. The summed E-state index contributed by atoms with van der Waals surface area (Å²) in [6.45, 7) is 5.61. The van der Waals surface area contributed by atoms with Crippen LogP contribution in [0.2, 0.25) is 5.02 Å². The second-order valence-electron chi connectivity index (χ2n) is 5.20. The molecule has 0 aliphatic carbocycles. The normalized spacial score (nSPS) is 12.5. The van der Waals surface area contributed by atoms with E-state index in [0.29, 0.717) is 15.8 Å². The molecule has 22 heavy (non-hydrogen) atoms. The fourth-order valence-electron chi connectivity index (χ4n) is 2.07. The molecule has 5 nitrogen and oxygen atoms in total. The maximum Gasteiger partial charge on any atom is 0.250 e. The van der Waals surface area contributed by atoms with Gasteiger partial charge in [0, 0.05) is 6.20 Å². The van der Waals surface area contributed by atoms with Crippen molar-refractivity contribution in [1.82, 2.24) is 14.8 Å². The van der Waals surface area contributed by atoms with Crippen molar-refractivity contribution < 1.29 is 4.79 Å². The van der Waals surface area contributed by atoms with E-state index in [4.69, 9.17) is 11.6 Å². The molecule has 1 amide bonds. The van der Waals surface area contributed by atoms with Crippen molar-refractivity contribution in [2.24, 2.45) is 0 Å². The predicted molar refractivity (Wildman–Crippen MR) is 89.7 cm³/mol. The average Bonchev–Trinajstić information content (AvgIpc) is 3.01. The molecule has 0 radical (unpaired) electrons. The first-order valence-electron chi connectivity index (χ1n) is 6.83. The standard InChI is InChI=1S/C15H15ClN4OS/c1-8-4-5-12-13(6-8)22-15(17-12)18-14(21)10(3)20-7-11(16)9(2)19-20/h4-7,10H,1-3H3,(H,17,18,21). The lowest BCUT2D eigenvalue weighted by Crippen LogP contribution is -2.24. The van der Waals surface area contributed by atoms with Gasteiger partial charge < -0.3 is 5.32 Å². The van der Waals surface area contributed by atoms with Crippen LogP contribution in [0.4, 0.5) is 5.13 Å². The van der Waals surface area contributed by atoms with E-state index in [0.717, 1.165) is 10.2 Å². The maximum atomic E-state index is 12.3. The quantitative estimate of drug-likeness (QED) is 0.788. The SMILES string of the molecule is Cc1ccc2nc(NC(=O)C(C)n3cc(Cl)c(C)n3)sc2c1. The number of rotatable bonds is 3. The summed E-state index contributed by atoms with van der Waals surface area (Å²) in [6, 6.07) is 5.56. The molecule has 0 saturated heterocycles. The molecular weight excluding hydrogens is 320 g/mol. The maximum absolute atomic E-state index is 12.3. The van der Waals surface area contributed by atoms with Gasteiger partial charge in [-0.3, -0.25) is 9.48 Å². The largest absolute Gasteiger partial charge is 0.300 e. The number of carbonyl (C=O) groups excluding carboxylic acids is 1. The Morgan fingerprint density at radius 1 is 1.41 bits per heavy atom. The number of anilines is 1. The molecular formula is C15H15ClN4OS. The van der Waals surface area contributed by atoms with Crippen LogP contribution < -0.4 is 5.32 Å². The highest BCUT2D eigenvalue weighted by atomic mass is 35.5. The van der Waals surface area contributed by atoms with Crippen molar-refractivity contribution in [3.05, 3.63) is 40.7 Å². The van der Waals surface area contributed by atoms with Crippen molar-refractivity contribution in [2.45, 2.75) is 26.8 Å². The number of aromatic nitrogens is 3. The van der Waals surface area contributed by atoms with Crippen molar-refractivity contribution in [2.75, 3.05) is 5.32 Å². The first-order valence-corrected chi connectivity index (χ1v) is 8.03. The Kier molecular flexibility index (Phi) is 3.88. The van der Waals surface area contributed by atoms with Crippen molar-refractivity contribution in [3.8, 4) is 0 Å². The fraction of sp³-hybridized carbons (Fsp3) is 0.267. The first-order chi connectivity index (χ1) is 10.4. The third-order valence-electron chi connectivity index (χ3n) is 3.41. The van der Waals surface area contributed by atoms with E-state index in [-0.39, 0.29) is 5.91 Å². The summed E-state index contributed by atoms with van der Waals surface area (Å²) in [4.78, 5) is 16.8. The minimum atomic E-state index is -0.458. The van der Waals surface area contributed by atoms with Gasteiger partial charge in [0.1, 0.15) is 6.04 Å². The third-order valence-corrected chi connectivity index (χ3v) is 4.71. The lowest BCUT2D eigenvalue weighted by Gasteiger charge is -2.10. The zero-order chi connectivity index (χ0) is 15.9. The number of nitrogens with zero attached hydrogens (tertiary/aromatic N) is 3. The van der Waals surface area contributed by atoms with Gasteiger partial charge >= 0.3 is 0 Å². The molecule has 3 aromatic rings. The molecule has 1 aromatic carbocycles. The van der Waals surface area contributed by atoms with Gasteiger partial charge in [-0.1, -0.05) is 29.0 Å². The van der Waals surface area contributed by atoms with E-state index >= 15 is 0 Å². The number of hydrogen-bond acceptors (Lipinski definition) is 4. The highest BCUT2D eigenvalue weighted by Crippen LogP contribution is 2.27. The smallest absolute Gasteiger partial charge is 0.250 e. The number of aryl methyl sites for hydroxylation is 2. The topological polar surface area (TPSA) is 59.8 Å². The number of nitrogens with one attached hydrogen (secondary N) is 1. The second-order valence-corrected chi connectivity index (χ2v) is 6.64. The Hall–Kier alpha value is -1.92. The van der Waals surface area contributed by atoms with Gasteiger partial charge in [0.2, 0.25) is 0 Å². The van der Waals surface area contributed by atoms with E-state index in [9.17, 15) is 4.79 Å². The molecule has 0 bridgehead atoms. The Bertz CT molecular complexity index is 835. The van der Waals surface area contributed by atoms with Crippen molar-refractivity contribution in [1.29, 1.82) is 0 Å². The Morgan fingerprint density at radius 2 is 2.18 bits per heavy atom. The van der Waals surface area contributed by atoms with Gasteiger partial charge in [0.15, 0.2) is 5.13 Å². The molecule has 0 spiro atoms. The molecule has 0 aliphatic heterocycles. The number of thiazole rings is 1. The van der Waals surface area contributed by atoms with Crippen LogP contribution in [-0.4, -0.2) is 20.7 Å². The predicted octanol–water partition coefficient (Wildman–Crippen LogP) is 3.96. The van der Waals surface area contributed by atoms with Gasteiger partial charge in [-0.05, 0) is 38.5 Å². The summed E-state index contributed by atoms with van der Waals surface area (Å²) < 4.78 is 2.62. The van der Waals surface area contributed by atoms with Crippen molar-refractivity contribution in [3.63, 3.8) is 0 Å². The minimum absolute atomic E-state index is 0.171. The summed E-state index contributed by atoms with van der Waals surface area (Å²) in [7, 11) is 0. The summed E-state index contributed by atoms with van der Waals surface area (Å²) >= 11 is 7.44. The highest BCUT2D eigenvalue weighted by molar-refractivity contribution is 7.22. The number of hydrogen-bond donors (Lipinski definition) is 1. The van der Waals surface area contributed by atoms with Gasteiger partial charge in [-0.25, -0.2) is 4.98 Å². The summed E-state index contributed by atoms with van der Waals surface area (Å²) in [5.74, 6) is -0.171. The zero-order valence-corrected chi connectivity index (χ0v) is 14.0. The van der Waals surface area contributed by atoms with Gasteiger partial charge in [-0.15, -0.1) is 0 Å². The van der Waals surface area contributed by atoms with Gasteiger partial charge in [-0.2, -0.15) is 5.10 Å². The van der Waals surface area contributed by atoms with Crippen molar-refractivity contribution >= 4 is 44.2 Å². The Labute approximate surface area is 136 Å². The summed E-state index contributed by atoms with van der Waals surface area (Å²) in [5.41, 5.74) is 2.76. The van der Waals surface area contributed by atoms with E-state index in [1.54, 1.807) is 24.7 Å². The molecule has 1 atom stereocenters. The van der Waals surface area contributed by atoms with E-state index < -0.39 is 6.04 Å². The minimum Gasteiger partial charge on any atom is -0.300 e. The Morgan fingerprint density at radius 3 is 2.86 bits per heavy atom. The molecule has 1 unspecified atom stereocenters. The molecule has 0 fully saturated rings. The van der Waals surface area contributed by atoms with Crippen LogP contribution in [0.5, 0.6) is 0 Å². The zero-order valence-electron chi connectivity index (χ0n) is 12.4. The second kappa shape index (κ2) is 5.70. The number of halogens is 1. The highest BCUT2D eigenvalue weighted by Gasteiger charge is 2.18. The average molecular weight is 335 g/mol. The van der Waals surface area contributed by atoms with E-state index in [1.807, 2.05) is 19.1 Å². The molecule has 3 rings (SSSR count). The Balaban J connectivity index is 1.80. The van der Waals surface area contributed by atoms with Crippen LogP contribution >= 0.6 is 22.9 Å². The van der Waals surface area contributed by atoms with Crippen LogP contribution in [0.25, 0.3) is 10.2 Å². The summed E-state index contributed by atoms with van der Waals surface area (Å²) in [6.07, 6.45) is 1.66. The van der Waals surface area contributed by atoms with Crippen LogP contribution in [-0.2, 0) is 4.79 Å². The van der Waals surface area contributed by atoms with E-state index in [1.165, 1.54) is 16.9 Å². The third kappa shape index (κ3) is 2.84. The van der Waals surface area contributed by atoms with Gasteiger partial charge in [0.25, 0.3) is 5.91 Å². The lowest BCUT2D eigenvalue weighted by molar-refractivity contribution is -0.119. The molecule has 2 heterocycles. The van der Waals surface area contributed by atoms with Crippen LogP contribution in [0.3, 0.4) is 0 Å². The lowest BCUT2D eigenvalue weighted by atomic mass is 10.2. The molecule has 114 valence electrons. The van der Waals surface area contributed by atoms with Crippen LogP contribution in [0.1, 0.15) is 24.2 Å². The van der Waals surface area contributed by atoms with Crippen LogP contribution in [0, 0.1) is 13.8 Å².